The molecular formula is C57H42N4. The van der Waals surface area contributed by atoms with Crippen molar-refractivity contribution in [1.82, 2.24) is 19.9 Å². The minimum Gasteiger partial charge on any atom is -0.252 e. The van der Waals surface area contributed by atoms with E-state index in [1.807, 2.05) is 48.5 Å². The first-order valence-electron chi connectivity index (χ1n) is 20.8. The van der Waals surface area contributed by atoms with Crippen LogP contribution in [0.3, 0.4) is 0 Å². The average Bonchev–Trinajstić information content (AvgIpc) is 3.33. The molecule has 0 N–H and O–H groups in total. The molecular weight excluding hydrogens is 741 g/mol. The van der Waals surface area contributed by atoms with Gasteiger partial charge in [-0.2, -0.15) is 0 Å². The summed E-state index contributed by atoms with van der Waals surface area (Å²) in [6.45, 7) is 6.39. The number of rotatable bonds is 9. The van der Waals surface area contributed by atoms with Crippen LogP contribution in [0.5, 0.6) is 0 Å². The zero-order valence-electron chi connectivity index (χ0n) is 33.9. The molecule has 2 heterocycles. The number of hydrogen-bond donors (Lipinski definition) is 0. The molecule has 1 aliphatic rings. The maximum atomic E-state index is 5.16. The van der Waals surface area contributed by atoms with E-state index in [2.05, 4.69) is 171 Å². The normalized spacial score (nSPS) is 14.2. The Morgan fingerprint density at radius 2 is 1.26 bits per heavy atom. The standard InChI is InChI=1S/C57H42N4/c1-3-39(20-14-21-45-34-44-19-7-9-23-50(44)52-25-11-10-24-51(45)52)47-35-48(40-27-29-42(30-28-40)54-32-31-41-16-8-12-26-53(41)58-54)37-49(36-47)57-60-55(43-17-5-4-6-18-43)59-56(61-57)46-22-13-15-38(2)33-46/h3-29,31-37,42H,1,30H2,2H3/b21-14+,39-20+. The van der Waals surface area contributed by atoms with Gasteiger partial charge in [0.05, 0.1) is 5.52 Å². The molecule has 1 aliphatic carbocycles. The molecule has 10 rings (SSSR count). The number of nitrogens with zero attached hydrogens (tertiary/aromatic N) is 4. The van der Waals surface area contributed by atoms with E-state index in [9.17, 15) is 0 Å². The average molecular weight is 783 g/mol. The summed E-state index contributed by atoms with van der Waals surface area (Å²) < 4.78 is 0. The van der Waals surface area contributed by atoms with Crippen LogP contribution in [-0.2, 0) is 0 Å². The summed E-state index contributed by atoms with van der Waals surface area (Å²) in [6, 6.07) is 57.2. The Hall–Kier alpha value is -7.82. The predicted molar refractivity (Wildman–Crippen MR) is 256 cm³/mol. The molecule has 1 atom stereocenters. The van der Waals surface area contributed by atoms with E-state index in [1.165, 1.54) is 27.1 Å². The summed E-state index contributed by atoms with van der Waals surface area (Å²) in [7, 11) is 0. The minimum atomic E-state index is 0.185. The number of hydrogen-bond acceptors (Lipinski definition) is 4. The number of pyridine rings is 1. The monoisotopic (exact) mass is 782 g/mol. The van der Waals surface area contributed by atoms with Gasteiger partial charge < -0.3 is 0 Å². The summed E-state index contributed by atoms with van der Waals surface area (Å²) in [4.78, 5) is 20.3. The second kappa shape index (κ2) is 16.4. The second-order valence-corrected chi connectivity index (χ2v) is 15.5. The van der Waals surface area contributed by atoms with E-state index >= 15 is 0 Å². The predicted octanol–water partition coefficient (Wildman–Crippen LogP) is 14.4. The quantitative estimate of drug-likeness (QED) is 0.108. The molecule has 2 aromatic heterocycles. The van der Waals surface area contributed by atoms with Gasteiger partial charge in [0.1, 0.15) is 0 Å². The first-order chi connectivity index (χ1) is 30.1. The molecule has 0 spiro atoms. The van der Waals surface area contributed by atoms with Crippen LogP contribution in [-0.4, -0.2) is 19.9 Å². The zero-order chi connectivity index (χ0) is 41.1. The number of aryl methyl sites for hydroxylation is 1. The first-order valence-corrected chi connectivity index (χ1v) is 20.8. The van der Waals surface area contributed by atoms with Crippen LogP contribution in [0.4, 0.5) is 0 Å². The third-order valence-corrected chi connectivity index (χ3v) is 11.5. The number of para-hydroxylation sites is 1. The SMILES string of the molecule is C=C/C(=C\C=C\c1cc2ccccc2c2ccccc12)c1cc(C2=CCC(c3ccc4ccccc4n3)C=C2)cc(-c2nc(-c3ccccc3)nc(-c3cccc(C)c3)n2)c1. The van der Waals surface area contributed by atoms with Crippen molar-refractivity contribution in [2.75, 3.05) is 0 Å². The van der Waals surface area contributed by atoms with E-state index in [-0.39, 0.29) is 5.92 Å². The van der Waals surface area contributed by atoms with Crippen LogP contribution in [0.25, 0.3) is 83.8 Å². The van der Waals surface area contributed by atoms with Crippen molar-refractivity contribution < 1.29 is 0 Å². The highest BCUT2D eigenvalue weighted by atomic mass is 15.0. The fourth-order valence-electron chi connectivity index (χ4n) is 8.33. The molecule has 9 aromatic rings. The van der Waals surface area contributed by atoms with Gasteiger partial charge >= 0.3 is 0 Å². The summed E-state index contributed by atoms with van der Waals surface area (Å²) >= 11 is 0. The van der Waals surface area contributed by atoms with E-state index in [0.717, 1.165) is 67.5 Å². The minimum absolute atomic E-state index is 0.185. The van der Waals surface area contributed by atoms with Gasteiger partial charge in [-0.15, -0.1) is 0 Å². The van der Waals surface area contributed by atoms with Gasteiger partial charge in [0.15, 0.2) is 17.5 Å². The number of benzene rings is 7. The van der Waals surface area contributed by atoms with Gasteiger partial charge in [0.2, 0.25) is 0 Å². The van der Waals surface area contributed by atoms with Crippen LogP contribution in [0.15, 0.2) is 207 Å². The van der Waals surface area contributed by atoms with E-state index < -0.39 is 0 Å². The van der Waals surface area contributed by atoms with Gasteiger partial charge in [-0.25, -0.2) is 15.0 Å². The lowest BCUT2D eigenvalue weighted by Crippen LogP contribution is -2.03. The Morgan fingerprint density at radius 1 is 0.574 bits per heavy atom. The molecule has 4 heteroatoms. The van der Waals surface area contributed by atoms with E-state index in [0.29, 0.717) is 17.5 Å². The van der Waals surface area contributed by atoms with Gasteiger partial charge in [0.25, 0.3) is 0 Å². The molecule has 290 valence electrons. The zero-order valence-corrected chi connectivity index (χ0v) is 33.9. The smallest absolute Gasteiger partial charge is 0.164 e. The van der Waals surface area contributed by atoms with Gasteiger partial charge in [-0.3, -0.25) is 4.98 Å². The second-order valence-electron chi connectivity index (χ2n) is 15.5. The van der Waals surface area contributed by atoms with Crippen molar-refractivity contribution in [3.8, 4) is 34.2 Å². The van der Waals surface area contributed by atoms with Crippen molar-refractivity contribution in [2.24, 2.45) is 0 Å². The van der Waals surface area contributed by atoms with Crippen LogP contribution in [0.2, 0.25) is 0 Å². The maximum Gasteiger partial charge on any atom is 0.164 e. The maximum absolute atomic E-state index is 5.16. The third kappa shape index (κ3) is 7.75. The molecule has 61 heavy (non-hydrogen) atoms. The molecule has 0 radical (unpaired) electrons. The van der Waals surface area contributed by atoms with E-state index in [4.69, 9.17) is 19.9 Å². The molecule has 0 fully saturated rings. The Morgan fingerprint density at radius 3 is 2.05 bits per heavy atom. The number of allylic oxidation sites excluding steroid dienone is 8. The summed E-state index contributed by atoms with van der Waals surface area (Å²) in [6.07, 6.45) is 16.1. The highest BCUT2D eigenvalue weighted by Gasteiger charge is 2.18. The molecule has 1 unspecified atom stereocenters. The van der Waals surface area contributed by atoms with Crippen LogP contribution < -0.4 is 0 Å². The largest absolute Gasteiger partial charge is 0.252 e. The van der Waals surface area contributed by atoms with Gasteiger partial charge in [0, 0.05) is 33.7 Å². The number of aromatic nitrogens is 4. The Bertz CT molecular complexity index is 3260. The molecule has 0 bridgehead atoms. The summed E-state index contributed by atoms with van der Waals surface area (Å²) in [5, 5.41) is 6.09. The summed E-state index contributed by atoms with van der Waals surface area (Å²) in [5.41, 5.74) is 11.4. The van der Waals surface area contributed by atoms with Crippen molar-refractivity contribution in [2.45, 2.75) is 19.3 Å². The summed E-state index contributed by atoms with van der Waals surface area (Å²) in [5.74, 6) is 2.05. The Kier molecular flexibility index (Phi) is 10.1. The lowest BCUT2D eigenvalue weighted by atomic mass is 9.88. The fourth-order valence-corrected chi connectivity index (χ4v) is 8.33. The lowest BCUT2D eigenvalue weighted by molar-refractivity contribution is 0.824. The van der Waals surface area contributed by atoms with Crippen molar-refractivity contribution in [3.63, 3.8) is 0 Å². The molecule has 0 amide bonds. The third-order valence-electron chi connectivity index (χ3n) is 11.5. The topological polar surface area (TPSA) is 51.6 Å². The van der Waals surface area contributed by atoms with Crippen molar-refractivity contribution >= 4 is 49.7 Å². The first kappa shape index (κ1) is 37.5. The Balaban J connectivity index is 1.08. The highest BCUT2D eigenvalue weighted by molar-refractivity contribution is 6.10. The Labute approximate surface area is 356 Å². The van der Waals surface area contributed by atoms with Crippen molar-refractivity contribution in [1.29, 1.82) is 0 Å². The molecule has 0 saturated heterocycles. The van der Waals surface area contributed by atoms with E-state index in [1.54, 1.807) is 0 Å². The van der Waals surface area contributed by atoms with Crippen LogP contribution in [0.1, 0.15) is 40.3 Å². The molecule has 4 nitrogen and oxygen atoms in total. The van der Waals surface area contributed by atoms with Gasteiger partial charge in [-0.05, 0) is 105 Å². The molecule has 0 saturated carbocycles. The highest BCUT2D eigenvalue weighted by Crippen LogP contribution is 2.36. The fraction of sp³-hybridized carbons (Fsp3) is 0.0526. The number of fused-ring (bicyclic) bond motifs is 4. The van der Waals surface area contributed by atoms with Crippen LogP contribution >= 0.6 is 0 Å². The van der Waals surface area contributed by atoms with Crippen molar-refractivity contribution in [3.05, 3.63) is 235 Å². The van der Waals surface area contributed by atoms with Gasteiger partial charge in [-0.1, -0.05) is 176 Å². The lowest BCUT2D eigenvalue weighted by Gasteiger charge is -2.18. The van der Waals surface area contributed by atoms with Crippen LogP contribution in [0, 0.1) is 6.92 Å². The molecule has 7 aromatic carbocycles. The molecule has 0 aliphatic heterocycles.